The highest BCUT2D eigenvalue weighted by Crippen LogP contribution is 2.29. The Morgan fingerprint density at radius 3 is 2.95 bits per heavy atom. The zero-order valence-corrected chi connectivity index (χ0v) is 12.6. The van der Waals surface area contributed by atoms with Gasteiger partial charge in [0.05, 0.1) is 12.6 Å². The molecule has 1 N–H and O–H groups in total. The standard InChI is InChI=1S/C14H16ClN3OS/c15-12-3-1-11(2-4-12)13-10-20-8-7-18(13)9-14(19)17-6-5-16/h1-4,13H,6-10H2,(H,17,19)/t13-/m1/s1. The Hall–Kier alpha value is -1.22. The van der Waals surface area contributed by atoms with Crippen molar-refractivity contribution in [2.75, 3.05) is 31.1 Å². The minimum atomic E-state index is -0.0996. The topological polar surface area (TPSA) is 56.1 Å². The van der Waals surface area contributed by atoms with Crippen molar-refractivity contribution in [2.24, 2.45) is 0 Å². The van der Waals surface area contributed by atoms with E-state index in [1.54, 1.807) is 0 Å². The van der Waals surface area contributed by atoms with Crippen LogP contribution in [0.2, 0.25) is 5.02 Å². The van der Waals surface area contributed by atoms with E-state index in [-0.39, 0.29) is 18.5 Å². The summed E-state index contributed by atoms with van der Waals surface area (Å²) in [7, 11) is 0. The van der Waals surface area contributed by atoms with Gasteiger partial charge in [-0.05, 0) is 17.7 Å². The number of carbonyl (C=O) groups is 1. The Morgan fingerprint density at radius 1 is 1.50 bits per heavy atom. The van der Waals surface area contributed by atoms with Crippen molar-refractivity contribution in [2.45, 2.75) is 6.04 Å². The molecule has 1 aromatic rings. The number of rotatable bonds is 4. The summed E-state index contributed by atoms with van der Waals surface area (Å²) < 4.78 is 0. The number of nitriles is 1. The van der Waals surface area contributed by atoms with Gasteiger partial charge in [-0.3, -0.25) is 9.69 Å². The van der Waals surface area contributed by atoms with E-state index in [0.29, 0.717) is 6.54 Å². The highest BCUT2D eigenvalue weighted by molar-refractivity contribution is 7.99. The normalized spacial score (nSPS) is 19.3. The van der Waals surface area contributed by atoms with Crippen LogP contribution in [0.1, 0.15) is 11.6 Å². The maximum absolute atomic E-state index is 11.8. The molecule has 1 aliphatic rings. The second-order valence-corrected chi connectivity index (χ2v) is 6.13. The van der Waals surface area contributed by atoms with E-state index >= 15 is 0 Å². The maximum atomic E-state index is 11.8. The largest absolute Gasteiger partial charge is 0.342 e. The van der Waals surface area contributed by atoms with Crippen molar-refractivity contribution in [3.05, 3.63) is 34.9 Å². The second kappa shape index (κ2) is 7.53. The van der Waals surface area contributed by atoms with E-state index in [0.717, 1.165) is 23.1 Å². The van der Waals surface area contributed by atoms with Crippen molar-refractivity contribution in [3.63, 3.8) is 0 Å². The van der Waals surface area contributed by atoms with Gasteiger partial charge >= 0.3 is 0 Å². The molecular formula is C14H16ClN3OS. The zero-order chi connectivity index (χ0) is 14.4. The molecule has 0 radical (unpaired) electrons. The van der Waals surface area contributed by atoms with Crippen LogP contribution in [0.25, 0.3) is 0 Å². The summed E-state index contributed by atoms with van der Waals surface area (Å²) in [6, 6.07) is 9.92. The van der Waals surface area contributed by atoms with Crippen molar-refractivity contribution in [1.82, 2.24) is 10.2 Å². The van der Waals surface area contributed by atoms with Gasteiger partial charge in [-0.25, -0.2) is 0 Å². The van der Waals surface area contributed by atoms with Gasteiger partial charge in [0.1, 0.15) is 6.54 Å². The van der Waals surface area contributed by atoms with E-state index in [1.165, 1.54) is 5.56 Å². The molecule has 0 saturated carbocycles. The van der Waals surface area contributed by atoms with E-state index in [1.807, 2.05) is 42.1 Å². The van der Waals surface area contributed by atoms with Crippen LogP contribution in [0.3, 0.4) is 0 Å². The molecule has 0 aromatic heterocycles. The number of nitrogens with zero attached hydrogens (tertiary/aromatic N) is 2. The molecule has 1 amide bonds. The first-order valence-electron chi connectivity index (χ1n) is 6.41. The van der Waals surface area contributed by atoms with E-state index in [4.69, 9.17) is 16.9 Å². The van der Waals surface area contributed by atoms with E-state index < -0.39 is 0 Å². The molecule has 1 atom stereocenters. The Morgan fingerprint density at radius 2 is 2.25 bits per heavy atom. The molecule has 0 aliphatic carbocycles. The van der Waals surface area contributed by atoms with Crippen LogP contribution < -0.4 is 5.32 Å². The molecule has 106 valence electrons. The average molecular weight is 310 g/mol. The summed E-state index contributed by atoms with van der Waals surface area (Å²) in [6.45, 7) is 1.26. The summed E-state index contributed by atoms with van der Waals surface area (Å²) in [5.41, 5.74) is 1.18. The molecule has 1 aromatic carbocycles. The summed E-state index contributed by atoms with van der Waals surface area (Å²) in [4.78, 5) is 13.9. The van der Waals surface area contributed by atoms with Gasteiger partial charge in [0.2, 0.25) is 5.91 Å². The van der Waals surface area contributed by atoms with Crippen LogP contribution in [0.5, 0.6) is 0 Å². The lowest BCUT2D eigenvalue weighted by atomic mass is 10.1. The number of benzene rings is 1. The fraction of sp³-hybridized carbons (Fsp3) is 0.429. The molecule has 6 heteroatoms. The van der Waals surface area contributed by atoms with Gasteiger partial charge in [0.25, 0.3) is 0 Å². The Balaban J connectivity index is 2.03. The Kier molecular flexibility index (Phi) is 5.72. The lowest BCUT2D eigenvalue weighted by Crippen LogP contribution is -2.43. The van der Waals surface area contributed by atoms with Crippen LogP contribution >= 0.6 is 23.4 Å². The molecule has 20 heavy (non-hydrogen) atoms. The first-order valence-corrected chi connectivity index (χ1v) is 7.95. The minimum Gasteiger partial charge on any atom is -0.342 e. The number of amides is 1. The molecule has 0 bridgehead atoms. The quantitative estimate of drug-likeness (QED) is 0.865. The zero-order valence-electron chi connectivity index (χ0n) is 11.0. The third kappa shape index (κ3) is 4.14. The number of nitrogens with one attached hydrogen (secondary N) is 1. The van der Waals surface area contributed by atoms with Crippen LogP contribution in [0.4, 0.5) is 0 Å². The smallest absolute Gasteiger partial charge is 0.235 e. The lowest BCUT2D eigenvalue weighted by molar-refractivity contribution is -0.122. The summed E-state index contributed by atoms with van der Waals surface area (Å²) in [5, 5.41) is 11.8. The summed E-state index contributed by atoms with van der Waals surface area (Å²) in [5.74, 6) is 1.89. The fourth-order valence-corrected chi connectivity index (χ4v) is 3.48. The van der Waals surface area contributed by atoms with Gasteiger partial charge in [0.15, 0.2) is 0 Å². The number of thioether (sulfide) groups is 1. The third-order valence-corrected chi connectivity index (χ3v) is 4.48. The van der Waals surface area contributed by atoms with Gasteiger partial charge in [0, 0.05) is 29.1 Å². The molecule has 2 rings (SSSR count). The fourth-order valence-electron chi connectivity index (χ4n) is 2.20. The molecule has 4 nitrogen and oxygen atoms in total. The minimum absolute atomic E-state index is 0.0625. The number of halogens is 1. The van der Waals surface area contributed by atoms with E-state index in [9.17, 15) is 4.79 Å². The predicted molar refractivity (Wildman–Crippen MR) is 81.7 cm³/mol. The maximum Gasteiger partial charge on any atom is 0.235 e. The first kappa shape index (κ1) is 15.2. The number of carbonyl (C=O) groups excluding carboxylic acids is 1. The number of hydrogen-bond donors (Lipinski definition) is 1. The average Bonchev–Trinajstić information content (AvgIpc) is 2.47. The van der Waals surface area contributed by atoms with Crippen molar-refractivity contribution in [1.29, 1.82) is 5.26 Å². The predicted octanol–water partition coefficient (Wildman–Crippen LogP) is 2.07. The van der Waals surface area contributed by atoms with Gasteiger partial charge in [-0.2, -0.15) is 17.0 Å². The highest BCUT2D eigenvalue weighted by atomic mass is 35.5. The molecule has 0 spiro atoms. The van der Waals surface area contributed by atoms with Crippen LogP contribution in [-0.2, 0) is 4.79 Å². The second-order valence-electron chi connectivity index (χ2n) is 4.55. The monoisotopic (exact) mass is 309 g/mol. The molecule has 1 aliphatic heterocycles. The first-order chi connectivity index (χ1) is 9.70. The van der Waals surface area contributed by atoms with Crippen LogP contribution in [-0.4, -0.2) is 41.9 Å². The summed E-state index contributed by atoms with van der Waals surface area (Å²) in [6.07, 6.45) is 0. The van der Waals surface area contributed by atoms with Crippen LogP contribution in [0.15, 0.2) is 24.3 Å². The number of hydrogen-bond acceptors (Lipinski definition) is 4. The van der Waals surface area contributed by atoms with Gasteiger partial charge in [-0.15, -0.1) is 0 Å². The Labute approximate surface area is 128 Å². The SMILES string of the molecule is N#CCNC(=O)CN1CCSC[C@@H]1c1ccc(Cl)cc1. The van der Waals surface area contributed by atoms with Crippen molar-refractivity contribution < 1.29 is 4.79 Å². The molecule has 0 unspecified atom stereocenters. The highest BCUT2D eigenvalue weighted by Gasteiger charge is 2.25. The molecular weight excluding hydrogens is 294 g/mol. The van der Waals surface area contributed by atoms with Crippen molar-refractivity contribution >= 4 is 29.3 Å². The molecule has 1 saturated heterocycles. The van der Waals surface area contributed by atoms with Crippen molar-refractivity contribution in [3.8, 4) is 6.07 Å². The molecule has 1 heterocycles. The van der Waals surface area contributed by atoms with E-state index in [2.05, 4.69) is 10.2 Å². The van der Waals surface area contributed by atoms with Crippen LogP contribution in [0, 0.1) is 11.3 Å². The third-order valence-electron chi connectivity index (χ3n) is 3.21. The Bertz CT molecular complexity index is 500. The summed E-state index contributed by atoms with van der Waals surface area (Å²) >= 11 is 7.81. The van der Waals surface area contributed by atoms with Gasteiger partial charge < -0.3 is 5.32 Å². The van der Waals surface area contributed by atoms with Gasteiger partial charge in [-0.1, -0.05) is 23.7 Å². The lowest BCUT2D eigenvalue weighted by Gasteiger charge is -2.35. The molecule has 1 fully saturated rings.